The maximum atomic E-state index is 12.6. The van der Waals surface area contributed by atoms with E-state index in [1.807, 2.05) is 0 Å². The van der Waals surface area contributed by atoms with E-state index in [-0.39, 0.29) is 10.8 Å². The third-order valence-electron chi connectivity index (χ3n) is 2.97. The number of allylic oxidation sites excluding steroid dienone is 1. The molecule has 6 heteroatoms. The summed E-state index contributed by atoms with van der Waals surface area (Å²) in [5, 5.41) is -0.122. The van der Waals surface area contributed by atoms with E-state index >= 15 is 0 Å². The van der Waals surface area contributed by atoms with Crippen LogP contribution in [0.15, 0.2) is 43.0 Å². The molecular weight excluding hydrogens is 315 g/mol. The first kappa shape index (κ1) is 16.2. The fourth-order valence-electron chi connectivity index (χ4n) is 1.86. The van der Waals surface area contributed by atoms with Gasteiger partial charge in [-0.25, -0.2) is 0 Å². The normalized spacial score (nSPS) is 11.3. The number of hydrogen-bond donors (Lipinski definition) is 1. The predicted molar refractivity (Wildman–Crippen MR) is 82.1 cm³/mol. The lowest BCUT2D eigenvalue weighted by Crippen LogP contribution is -2.04. The van der Waals surface area contributed by atoms with Crippen molar-refractivity contribution in [3.05, 3.63) is 59.1 Å². The molecule has 0 saturated carbocycles. The first-order valence-electron chi connectivity index (χ1n) is 6.28. The van der Waals surface area contributed by atoms with E-state index in [2.05, 4.69) is 6.58 Å². The van der Waals surface area contributed by atoms with Gasteiger partial charge in [-0.2, -0.15) is 13.2 Å². The summed E-state index contributed by atoms with van der Waals surface area (Å²) in [4.78, 5) is 0. The number of nitrogen functional groups attached to an aromatic ring is 1. The van der Waals surface area contributed by atoms with Crippen LogP contribution in [0.1, 0.15) is 18.1 Å². The lowest BCUT2D eigenvalue weighted by Gasteiger charge is -2.13. The molecule has 0 fully saturated rings. The van der Waals surface area contributed by atoms with Gasteiger partial charge in [0.15, 0.2) is 0 Å². The fourth-order valence-corrected chi connectivity index (χ4v) is 2.07. The Morgan fingerprint density at radius 1 is 1.18 bits per heavy atom. The van der Waals surface area contributed by atoms with Gasteiger partial charge in [-0.1, -0.05) is 18.2 Å². The Hall–Kier alpha value is -2.14. The average molecular weight is 328 g/mol. The third-order valence-corrected chi connectivity index (χ3v) is 3.27. The van der Waals surface area contributed by atoms with Crippen LogP contribution >= 0.6 is 11.6 Å². The van der Waals surface area contributed by atoms with Crippen LogP contribution < -0.4 is 10.5 Å². The molecule has 2 nitrogen and oxygen atoms in total. The Kier molecular flexibility index (Phi) is 4.37. The first-order valence-corrected chi connectivity index (χ1v) is 6.66. The van der Waals surface area contributed by atoms with Gasteiger partial charge in [-0.3, -0.25) is 0 Å². The number of nitrogens with two attached hydrogens (primary N) is 1. The zero-order chi connectivity index (χ0) is 16.5. The fraction of sp³-hybridized carbons (Fsp3) is 0.125. The number of hydrogen-bond acceptors (Lipinski definition) is 2. The molecule has 2 rings (SSSR count). The number of benzene rings is 2. The van der Waals surface area contributed by atoms with E-state index in [0.29, 0.717) is 17.0 Å². The summed E-state index contributed by atoms with van der Waals surface area (Å²) in [6.07, 6.45) is -4.45. The lowest BCUT2D eigenvalue weighted by atomic mass is 10.1. The number of halogens is 4. The van der Waals surface area contributed by atoms with Gasteiger partial charge in [0.05, 0.1) is 10.6 Å². The van der Waals surface area contributed by atoms with Crippen molar-refractivity contribution in [1.82, 2.24) is 0 Å². The Balaban J connectivity index is 2.32. The highest BCUT2D eigenvalue weighted by molar-refractivity contribution is 6.32. The topological polar surface area (TPSA) is 35.2 Å². The summed E-state index contributed by atoms with van der Waals surface area (Å²) in [5.41, 5.74) is 6.99. The van der Waals surface area contributed by atoms with E-state index < -0.39 is 11.7 Å². The summed E-state index contributed by atoms with van der Waals surface area (Å²) < 4.78 is 43.3. The maximum absolute atomic E-state index is 12.6. The lowest BCUT2D eigenvalue weighted by molar-refractivity contribution is -0.137. The van der Waals surface area contributed by atoms with Gasteiger partial charge in [0.1, 0.15) is 11.5 Å². The van der Waals surface area contributed by atoms with Crippen LogP contribution in [-0.2, 0) is 6.18 Å². The van der Waals surface area contributed by atoms with Crippen LogP contribution in [-0.4, -0.2) is 0 Å². The molecular formula is C16H13ClF3NO. The molecule has 2 N–H and O–H groups in total. The second-order valence-corrected chi connectivity index (χ2v) is 5.18. The van der Waals surface area contributed by atoms with Crippen LogP contribution in [0.2, 0.25) is 5.02 Å². The van der Waals surface area contributed by atoms with Crippen LogP contribution in [0.4, 0.5) is 18.9 Å². The van der Waals surface area contributed by atoms with Crippen LogP contribution in [0.5, 0.6) is 11.5 Å². The molecule has 0 saturated heterocycles. The van der Waals surface area contributed by atoms with Gasteiger partial charge >= 0.3 is 6.18 Å². The van der Waals surface area contributed by atoms with Crippen molar-refractivity contribution >= 4 is 22.9 Å². The minimum Gasteiger partial charge on any atom is -0.456 e. The maximum Gasteiger partial charge on any atom is 0.416 e. The molecule has 0 heterocycles. The van der Waals surface area contributed by atoms with E-state index in [4.69, 9.17) is 22.1 Å². The molecule has 0 atom stereocenters. The highest BCUT2D eigenvalue weighted by Crippen LogP contribution is 2.37. The van der Waals surface area contributed by atoms with Crippen molar-refractivity contribution in [3.63, 3.8) is 0 Å². The van der Waals surface area contributed by atoms with Gasteiger partial charge in [-0.15, -0.1) is 0 Å². The number of alkyl halides is 3. The molecule has 116 valence electrons. The largest absolute Gasteiger partial charge is 0.456 e. The van der Waals surface area contributed by atoms with E-state index in [1.54, 1.807) is 25.1 Å². The molecule has 0 bridgehead atoms. The SMILES string of the molecule is C=C(C)c1cc(Oc2ccc(C(F)(F)F)cc2Cl)ccc1N. The monoisotopic (exact) mass is 327 g/mol. The van der Waals surface area contributed by atoms with Crippen LogP contribution in [0.3, 0.4) is 0 Å². The Labute approximate surface area is 131 Å². The molecule has 0 aliphatic rings. The zero-order valence-electron chi connectivity index (χ0n) is 11.7. The average Bonchev–Trinajstić information content (AvgIpc) is 2.41. The second-order valence-electron chi connectivity index (χ2n) is 4.77. The molecule has 0 radical (unpaired) electrons. The van der Waals surface area contributed by atoms with Crippen LogP contribution in [0.25, 0.3) is 5.57 Å². The highest BCUT2D eigenvalue weighted by Gasteiger charge is 2.31. The summed E-state index contributed by atoms with van der Waals surface area (Å²) >= 11 is 5.85. The van der Waals surface area contributed by atoms with Gasteiger partial charge in [0.2, 0.25) is 0 Å². The second kappa shape index (κ2) is 5.93. The number of rotatable bonds is 3. The molecule has 0 amide bonds. The Morgan fingerprint density at radius 2 is 1.86 bits per heavy atom. The molecule has 0 unspecified atom stereocenters. The quantitative estimate of drug-likeness (QED) is 0.727. The van der Waals surface area contributed by atoms with Gasteiger partial charge in [-0.05, 0) is 48.9 Å². The van der Waals surface area contributed by atoms with E-state index in [9.17, 15) is 13.2 Å². The van der Waals surface area contributed by atoms with Gasteiger partial charge < -0.3 is 10.5 Å². The number of ether oxygens (including phenoxy) is 1. The minimum atomic E-state index is -4.45. The van der Waals surface area contributed by atoms with E-state index in [0.717, 1.165) is 17.7 Å². The zero-order valence-corrected chi connectivity index (χ0v) is 12.4. The van der Waals surface area contributed by atoms with Crippen molar-refractivity contribution in [1.29, 1.82) is 0 Å². The highest BCUT2D eigenvalue weighted by atomic mass is 35.5. The Morgan fingerprint density at radius 3 is 2.41 bits per heavy atom. The predicted octanol–water partition coefficient (Wildman–Crippen LogP) is 5.77. The summed E-state index contributed by atoms with van der Waals surface area (Å²) in [6, 6.07) is 7.83. The molecule has 2 aromatic rings. The standard InChI is InChI=1S/C16H13ClF3NO/c1-9(2)12-8-11(4-5-14(12)21)22-15-6-3-10(7-13(15)17)16(18,19)20/h3-8H,1,21H2,2H3. The molecule has 0 aliphatic heterocycles. The third kappa shape index (κ3) is 3.54. The summed E-state index contributed by atoms with van der Waals surface area (Å²) in [5.74, 6) is 0.543. The number of anilines is 1. The van der Waals surface area contributed by atoms with Crippen LogP contribution in [0, 0.1) is 0 Å². The molecule has 22 heavy (non-hydrogen) atoms. The smallest absolute Gasteiger partial charge is 0.416 e. The molecule has 0 spiro atoms. The van der Waals surface area contributed by atoms with Crippen molar-refractivity contribution in [2.75, 3.05) is 5.73 Å². The van der Waals surface area contributed by atoms with Crippen molar-refractivity contribution in [2.45, 2.75) is 13.1 Å². The Bertz CT molecular complexity index is 726. The summed E-state index contributed by atoms with van der Waals surface area (Å²) in [7, 11) is 0. The van der Waals surface area contributed by atoms with E-state index in [1.165, 1.54) is 6.07 Å². The molecule has 0 aromatic heterocycles. The van der Waals surface area contributed by atoms with Crippen molar-refractivity contribution in [2.24, 2.45) is 0 Å². The summed E-state index contributed by atoms with van der Waals surface area (Å²) in [6.45, 7) is 5.60. The van der Waals surface area contributed by atoms with Gasteiger partial charge in [0, 0.05) is 11.3 Å². The van der Waals surface area contributed by atoms with Crippen molar-refractivity contribution in [3.8, 4) is 11.5 Å². The van der Waals surface area contributed by atoms with Gasteiger partial charge in [0.25, 0.3) is 0 Å². The van der Waals surface area contributed by atoms with Crippen molar-refractivity contribution < 1.29 is 17.9 Å². The first-order chi connectivity index (χ1) is 10.2. The molecule has 0 aliphatic carbocycles. The minimum absolute atomic E-state index is 0.122. The molecule has 2 aromatic carbocycles.